The fourth-order valence-corrected chi connectivity index (χ4v) is 10.5. The number of nitrogens with zero attached hydrogens (tertiary/aromatic N) is 1. The highest BCUT2D eigenvalue weighted by Gasteiger charge is 2.28. The number of quaternary nitrogens is 1. The van der Waals surface area contributed by atoms with Gasteiger partial charge in [0.2, 0.25) is 5.91 Å². The van der Waals surface area contributed by atoms with E-state index in [1.165, 1.54) is 263 Å². The lowest BCUT2D eigenvalue weighted by molar-refractivity contribution is -0.870. The number of unbranched alkanes of at least 4 members (excludes halogenated alkanes) is 45. The summed E-state index contributed by atoms with van der Waals surface area (Å²) in [6.45, 7) is 4.94. The van der Waals surface area contributed by atoms with E-state index in [9.17, 15) is 19.4 Å². The normalized spacial score (nSPS) is 13.8. The maximum atomic E-state index is 13.0. The van der Waals surface area contributed by atoms with Gasteiger partial charge < -0.3 is 19.8 Å². The third-order valence-electron chi connectivity index (χ3n) is 14.6. The molecule has 0 rings (SSSR count). The van der Waals surface area contributed by atoms with Crippen molar-refractivity contribution in [3.8, 4) is 0 Å². The van der Waals surface area contributed by atoms with Crippen LogP contribution in [0.15, 0.2) is 0 Å². The van der Waals surface area contributed by atoms with Crippen LogP contribution in [0.3, 0.4) is 0 Å². The number of hydrogen-bond donors (Lipinski definition) is 3. The maximum Gasteiger partial charge on any atom is 0.472 e. The summed E-state index contributed by atoms with van der Waals surface area (Å²) in [5.41, 5.74) is 0. The summed E-state index contributed by atoms with van der Waals surface area (Å²) in [4.78, 5) is 23.3. The van der Waals surface area contributed by atoms with Crippen molar-refractivity contribution in [2.24, 2.45) is 0 Å². The van der Waals surface area contributed by atoms with Gasteiger partial charge in [0, 0.05) is 6.42 Å². The van der Waals surface area contributed by atoms with Gasteiger partial charge in [0.25, 0.3) is 0 Å². The van der Waals surface area contributed by atoms with Gasteiger partial charge in [0.15, 0.2) is 0 Å². The van der Waals surface area contributed by atoms with E-state index in [4.69, 9.17) is 9.05 Å². The largest absolute Gasteiger partial charge is 0.472 e. The number of carbonyl (C=O) groups is 1. The van der Waals surface area contributed by atoms with Crippen molar-refractivity contribution in [3.63, 3.8) is 0 Å². The van der Waals surface area contributed by atoms with Crippen molar-refractivity contribution in [1.82, 2.24) is 5.32 Å². The molecule has 414 valence electrons. The van der Waals surface area contributed by atoms with E-state index in [-0.39, 0.29) is 19.1 Å². The highest BCUT2D eigenvalue weighted by Crippen LogP contribution is 2.43. The van der Waals surface area contributed by atoms with Gasteiger partial charge in [-0.15, -0.1) is 0 Å². The number of rotatable bonds is 58. The minimum atomic E-state index is -4.32. The van der Waals surface area contributed by atoms with Gasteiger partial charge in [-0.2, -0.15) is 0 Å². The highest BCUT2D eigenvalue weighted by atomic mass is 31.2. The molecule has 0 bridgehead atoms. The third kappa shape index (κ3) is 55.1. The Hall–Kier alpha value is -0.500. The van der Waals surface area contributed by atoms with E-state index in [1.807, 2.05) is 21.1 Å². The molecule has 8 nitrogen and oxygen atoms in total. The van der Waals surface area contributed by atoms with Gasteiger partial charge in [-0.1, -0.05) is 309 Å². The van der Waals surface area contributed by atoms with E-state index in [0.717, 1.165) is 38.5 Å². The molecule has 1 amide bonds. The van der Waals surface area contributed by atoms with Crippen molar-refractivity contribution in [2.45, 2.75) is 341 Å². The fraction of sp³-hybridized carbons (Fsp3) is 0.983. The number of phosphoric ester groups is 1. The van der Waals surface area contributed by atoms with Gasteiger partial charge in [-0.3, -0.25) is 13.8 Å². The van der Waals surface area contributed by atoms with Crippen LogP contribution in [0.1, 0.15) is 328 Å². The predicted octanol–water partition coefficient (Wildman–Crippen LogP) is 18.8. The lowest BCUT2D eigenvalue weighted by Crippen LogP contribution is -2.46. The number of aliphatic hydroxyl groups excluding tert-OH is 1. The van der Waals surface area contributed by atoms with Gasteiger partial charge in [-0.05, 0) is 12.8 Å². The first kappa shape index (κ1) is 68.5. The van der Waals surface area contributed by atoms with Gasteiger partial charge >= 0.3 is 7.82 Å². The van der Waals surface area contributed by atoms with Crippen LogP contribution >= 0.6 is 7.82 Å². The molecule has 69 heavy (non-hydrogen) atoms. The summed E-state index contributed by atoms with van der Waals surface area (Å²) in [6, 6.07) is -0.755. The highest BCUT2D eigenvalue weighted by molar-refractivity contribution is 7.47. The van der Waals surface area contributed by atoms with Crippen molar-refractivity contribution in [3.05, 3.63) is 0 Å². The molecular formula is C60H124N2O6P+. The summed E-state index contributed by atoms with van der Waals surface area (Å²) >= 11 is 0. The summed E-state index contributed by atoms with van der Waals surface area (Å²) in [5, 5.41) is 14.1. The molecule has 0 aromatic carbocycles. The molecule has 0 aromatic heterocycles. The molecule has 0 saturated heterocycles. The Morgan fingerprint density at radius 2 is 0.696 bits per heavy atom. The number of carbonyl (C=O) groups excluding carboxylic acids is 1. The van der Waals surface area contributed by atoms with Gasteiger partial charge in [-0.25, -0.2) is 4.57 Å². The summed E-state index contributed by atoms with van der Waals surface area (Å²) in [6.07, 6.45) is 63.3. The minimum absolute atomic E-state index is 0.0791. The van der Waals surface area contributed by atoms with E-state index in [2.05, 4.69) is 19.2 Å². The smallest absolute Gasteiger partial charge is 0.391 e. The molecule has 0 fully saturated rings. The quantitative estimate of drug-likeness (QED) is 0.0318. The van der Waals surface area contributed by atoms with Crippen LogP contribution in [-0.2, 0) is 18.4 Å². The van der Waals surface area contributed by atoms with Crippen LogP contribution in [0.2, 0.25) is 0 Å². The lowest BCUT2D eigenvalue weighted by atomic mass is 10.0. The number of nitrogens with one attached hydrogen (secondary N) is 1. The average molecular weight is 1000 g/mol. The minimum Gasteiger partial charge on any atom is -0.391 e. The second-order valence-corrected chi connectivity index (χ2v) is 24.3. The van der Waals surface area contributed by atoms with Crippen LogP contribution in [0.5, 0.6) is 0 Å². The van der Waals surface area contributed by atoms with Crippen LogP contribution in [0.4, 0.5) is 0 Å². The number of hydrogen-bond acceptors (Lipinski definition) is 5. The van der Waals surface area contributed by atoms with Crippen molar-refractivity contribution in [2.75, 3.05) is 40.9 Å². The molecule has 3 atom stereocenters. The number of likely N-dealkylation sites (N-methyl/N-ethyl adjacent to an activating group) is 1. The number of phosphoric acid groups is 1. The topological polar surface area (TPSA) is 105 Å². The Bertz CT molecular complexity index is 1090. The van der Waals surface area contributed by atoms with Crippen LogP contribution in [-0.4, -0.2) is 73.4 Å². The molecule has 9 heteroatoms. The van der Waals surface area contributed by atoms with Crippen molar-refractivity contribution < 1.29 is 32.9 Å². The van der Waals surface area contributed by atoms with Crippen molar-refractivity contribution in [1.29, 1.82) is 0 Å². The second-order valence-electron chi connectivity index (χ2n) is 22.8. The first-order valence-corrected chi connectivity index (χ1v) is 32.4. The lowest BCUT2D eigenvalue weighted by Gasteiger charge is -2.26. The molecule has 0 spiro atoms. The maximum absolute atomic E-state index is 13.0. The zero-order chi connectivity index (χ0) is 50.6. The number of amides is 1. The molecule has 0 heterocycles. The van der Waals surface area contributed by atoms with Crippen molar-refractivity contribution >= 4 is 13.7 Å². The Morgan fingerprint density at radius 3 is 0.971 bits per heavy atom. The number of aliphatic hydroxyl groups is 1. The fourth-order valence-electron chi connectivity index (χ4n) is 9.76. The first-order valence-electron chi connectivity index (χ1n) is 30.9. The summed E-state index contributed by atoms with van der Waals surface area (Å²) in [5.74, 6) is -0.138. The van der Waals surface area contributed by atoms with Crippen LogP contribution in [0, 0.1) is 0 Å². The second kappa shape index (κ2) is 52.4. The van der Waals surface area contributed by atoms with Gasteiger partial charge in [0.05, 0.1) is 39.9 Å². The van der Waals surface area contributed by atoms with Crippen LogP contribution in [0.25, 0.3) is 0 Å². The van der Waals surface area contributed by atoms with Gasteiger partial charge in [0.1, 0.15) is 13.2 Å². The zero-order valence-electron chi connectivity index (χ0n) is 47.3. The average Bonchev–Trinajstić information content (AvgIpc) is 3.31. The third-order valence-corrected chi connectivity index (χ3v) is 15.6. The Labute approximate surface area is 431 Å². The summed E-state index contributed by atoms with van der Waals surface area (Å²) < 4.78 is 23.8. The molecular weight excluding hydrogens is 876 g/mol. The monoisotopic (exact) mass is 1000 g/mol. The predicted molar refractivity (Wildman–Crippen MR) is 300 cm³/mol. The first-order chi connectivity index (χ1) is 33.5. The molecule has 0 saturated carbocycles. The van der Waals surface area contributed by atoms with E-state index in [1.54, 1.807) is 0 Å². The van der Waals surface area contributed by atoms with E-state index >= 15 is 0 Å². The standard InChI is InChI=1S/C60H123N2O6P/c1-6-8-10-12-14-16-18-20-22-23-24-25-26-27-28-29-30-31-32-33-34-35-36-37-38-39-40-41-43-45-47-49-51-53-59(63)58(57-68-69(65,66)67-56-55-62(3,4)5)61-60(64)54-52-50-48-46-44-42-21-19-17-15-13-11-9-7-2/h58-59,63H,6-57H2,1-5H3,(H-,61,64,65,66)/p+1. The zero-order valence-corrected chi connectivity index (χ0v) is 48.2. The molecule has 0 aromatic rings. The molecule has 0 aliphatic heterocycles. The Kier molecular flexibility index (Phi) is 52.0. The SMILES string of the molecule is CCCCCCCCCCCCCCCCCCCCCCCCCCCCCCCCCCCC(O)C(COP(=O)(O)OCC[N+](C)(C)C)NC(=O)CCCCCCCCCCCCCCCC. The Morgan fingerprint density at radius 1 is 0.435 bits per heavy atom. The van der Waals surface area contributed by atoms with E-state index < -0.39 is 20.0 Å². The molecule has 0 aliphatic carbocycles. The van der Waals surface area contributed by atoms with Crippen LogP contribution < -0.4 is 5.32 Å². The molecule has 3 N–H and O–H groups in total. The molecule has 3 unspecified atom stereocenters. The Balaban J connectivity index is 3.94. The molecule has 0 aliphatic rings. The molecule has 0 radical (unpaired) electrons. The van der Waals surface area contributed by atoms with E-state index in [0.29, 0.717) is 23.9 Å². The summed E-state index contributed by atoms with van der Waals surface area (Å²) in [7, 11) is 1.64.